The van der Waals surface area contributed by atoms with E-state index >= 15 is 0 Å². The van der Waals surface area contributed by atoms with Crippen molar-refractivity contribution in [1.29, 1.82) is 5.26 Å². The van der Waals surface area contributed by atoms with Gasteiger partial charge in [0.1, 0.15) is 5.82 Å². The number of anilines is 1. The second kappa shape index (κ2) is 5.81. The number of nitriles is 1. The highest BCUT2D eigenvalue weighted by molar-refractivity contribution is 7.92. The van der Waals surface area contributed by atoms with Gasteiger partial charge >= 0.3 is 0 Å². The lowest BCUT2D eigenvalue weighted by atomic mass is 10.2. The van der Waals surface area contributed by atoms with Crippen molar-refractivity contribution in [3.05, 3.63) is 42.1 Å². The summed E-state index contributed by atoms with van der Waals surface area (Å²) in [5.41, 5.74) is 0.426. The van der Waals surface area contributed by atoms with E-state index in [2.05, 4.69) is 9.82 Å². The van der Waals surface area contributed by atoms with Crippen LogP contribution >= 0.6 is 0 Å². The molecule has 1 heterocycles. The number of nitrogens with zero attached hydrogens (tertiary/aromatic N) is 3. The molecule has 1 saturated carbocycles. The summed E-state index contributed by atoms with van der Waals surface area (Å²) >= 11 is 0. The topological polar surface area (TPSA) is 87.8 Å². The predicted octanol–water partition coefficient (Wildman–Crippen LogP) is 2.67. The molecule has 0 spiro atoms. The molecule has 1 N–H and O–H groups in total. The van der Waals surface area contributed by atoms with Gasteiger partial charge in [0.2, 0.25) is 0 Å². The zero-order chi connectivity index (χ0) is 15.6. The number of hydrogen-bond donors (Lipinski definition) is 1. The molecular formula is C15H16N4O2S. The monoisotopic (exact) mass is 316 g/mol. The van der Waals surface area contributed by atoms with Gasteiger partial charge in [-0.25, -0.2) is 13.1 Å². The Labute approximate surface area is 129 Å². The van der Waals surface area contributed by atoms with E-state index < -0.39 is 10.0 Å². The van der Waals surface area contributed by atoms with Crippen molar-refractivity contribution >= 4 is 15.8 Å². The Morgan fingerprint density at radius 3 is 2.50 bits per heavy atom. The van der Waals surface area contributed by atoms with Crippen molar-refractivity contribution in [3.63, 3.8) is 0 Å². The lowest BCUT2D eigenvalue weighted by Crippen LogP contribution is -2.18. The van der Waals surface area contributed by atoms with E-state index in [1.165, 1.54) is 24.3 Å². The first-order valence-corrected chi connectivity index (χ1v) is 8.65. The van der Waals surface area contributed by atoms with Crippen molar-refractivity contribution in [1.82, 2.24) is 9.78 Å². The molecule has 1 aliphatic rings. The zero-order valence-electron chi connectivity index (χ0n) is 11.9. The van der Waals surface area contributed by atoms with Crippen LogP contribution in [-0.2, 0) is 10.0 Å². The van der Waals surface area contributed by atoms with E-state index in [-0.39, 0.29) is 10.9 Å². The summed E-state index contributed by atoms with van der Waals surface area (Å²) < 4.78 is 29.2. The third-order valence-corrected chi connectivity index (χ3v) is 5.24. The smallest absolute Gasteiger partial charge is 0.263 e. The average molecular weight is 316 g/mol. The summed E-state index contributed by atoms with van der Waals surface area (Å²) in [6.07, 6.45) is 5.94. The van der Waals surface area contributed by atoms with Crippen LogP contribution in [0.2, 0.25) is 0 Å². The van der Waals surface area contributed by atoms with Gasteiger partial charge < -0.3 is 0 Å². The Hall–Kier alpha value is -2.33. The van der Waals surface area contributed by atoms with Crippen LogP contribution in [0.5, 0.6) is 0 Å². The normalized spacial score (nSPS) is 15.6. The Bertz CT molecular complexity index is 797. The van der Waals surface area contributed by atoms with Crippen LogP contribution in [0.1, 0.15) is 37.3 Å². The van der Waals surface area contributed by atoms with Gasteiger partial charge in [0.15, 0.2) is 0 Å². The largest absolute Gasteiger partial charge is 0.264 e. The minimum atomic E-state index is -3.68. The summed E-state index contributed by atoms with van der Waals surface area (Å²) in [6, 6.07) is 9.73. The number of nitrogens with one attached hydrogen (secondary N) is 1. The molecule has 0 saturated heterocycles. The zero-order valence-corrected chi connectivity index (χ0v) is 12.8. The van der Waals surface area contributed by atoms with Gasteiger partial charge in [-0.05, 0) is 37.1 Å². The van der Waals surface area contributed by atoms with Crippen LogP contribution in [0.3, 0.4) is 0 Å². The van der Waals surface area contributed by atoms with Gasteiger partial charge in [0, 0.05) is 6.07 Å². The molecule has 0 aliphatic heterocycles. The van der Waals surface area contributed by atoms with Gasteiger partial charge in [-0.2, -0.15) is 10.4 Å². The Balaban J connectivity index is 1.85. The van der Waals surface area contributed by atoms with E-state index in [4.69, 9.17) is 5.26 Å². The molecule has 7 heteroatoms. The van der Waals surface area contributed by atoms with E-state index in [0.29, 0.717) is 11.4 Å². The molecule has 6 nitrogen and oxygen atoms in total. The molecule has 22 heavy (non-hydrogen) atoms. The van der Waals surface area contributed by atoms with Crippen LogP contribution in [0.4, 0.5) is 5.82 Å². The van der Waals surface area contributed by atoms with Gasteiger partial charge in [0.05, 0.1) is 28.8 Å². The van der Waals surface area contributed by atoms with Crippen molar-refractivity contribution < 1.29 is 8.42 Å². The minimum Gasteiger partial charge on any atom is -0.264 e. The lowest BCUT2D eigenvalue weighted by Gasteiger charge is -2.15. The van der Waals surface area contributed by atoms with E-state index in [1.54, 1.807) is 16.9 Å². The Morgan fingerprint density at radius 2 is 1.86 bits per heavy atom. The molecule has 0 radical (unpaired) electrons. The lowest BCUT2D eigenvalue weighted by molar-refractivity contribution is 0.473. The average Bonchev–Trinajstić information content (AvgIpc) is 3.17. The summed E-state index contributed by atoms with van der Waals surface area (Å²) in [7, 11) is -3.68. The summed E-state index contributed by atoms with van der Waals surface area (Å²) in [4.78, 5) is 0.130. The van der Waals surface area contributed by atoms with E-state index in [9.17, 15) is 8.42 Å². The fourth-order valence-corrected chi connectivity index (χ4v) is 3.79. The number of hydrogen-bond acceptors (Lipinski definition) is 4. The van der Waals surface area contributed by atoms with Crippen LogP contribution < -0.4 is 4.72 Å². The van der Waals surface area contributed by atoms with Crippen molar-refractivity contribution in [2.75, 3.05) is 4.72 Å². The highest BCUT2D eigenvalue weighted by Gasteiger charge is 2.22. The van der Waals surface area contributed by atoms with Crippen LogP contribution in [0.25, 0.3) is 0 Å². The summed E-state index contributed by atoms with van der Waals surface area (Å²) in [5.74, 6) is 0.483. The quantitative estimate of drug-likeness (QED) is 0.939. The Morgan fingerprint density at radius 1 is 1.18 bits per heavy atom. The van der Waals surface area contributed by atoms with Gasteiger partial charge in [0.25, 0.3) is 10.0 Å². The predicted molar refractivity (Wildman–Crippen MR) is 81.7 cm³/mol. The molecule has 0 unspecified atom stereocenters. The molecule has 0 atom stereocenters. The molecule has 1 aromatic heterocycles. The highest BCUT2D eigenvalue weighted by Crippen LogP contribution is 2.31. The van der Waals surface area contributed by atoms with Gasteiger partial charge in [-0.15, -0.1) is 0 Å². The summed E-state index contributed by atoms with van der Waals surface area (Å²) in [5, 5.41) is 13.0. The third kappa shape index (κ3) is 2.83. The molecule has 0 amide bonds. The molecule has 3 rings (SSSR count). The fourth-order valence-electron chi connectivity index (χ4n) is 2.74. The van der Waals surface area contributed by atoms with Gasteiger partial charge in [-0.3, -0.25) is 4.72 Å². The molecule has 1 aromatic carbocycles. The molecule has 0 bridgehead atoms. The maximum atomic E-state index is 12.4. The van der Waals surface area contributed by atoms with Crippen molar-refractivity contribution in [2.24, 2.45) is 0 Å². The number of aromatic nitrogens is 2. The first kappa shape index (κ1) is 14.6. The van der Waals surface area contributed by atoms with Crippen LogP contribution in [0.15, 0.2) is 41.4 Å². The standard InChI is InChI=1S/C15H16N4O2S/c16-11-12-5-7-14(8-6-12)22(20,21)18-15-9-10-17-19(15)13-3-1-2-4-13/h5-10,13,18H,1-4H2. The molecule has 1 fully saturated rings. The molecular weight excluding hydrogens is 300 g/mol. The first-order valence-electron chi connectivity index (χ1n) is 7.17. The highest BCUT2D eigenvalue weighted by atomic mass is 32.2. The first-order chi connectivity index (χ1) is 10.6. The van der Waals surface area contributed by atoms with E-state index in [0.717, 1.165) is 25.7 Å². The molecule has 114 valence electrons. The Kier molecular flexibility index (Phi) is 3.86. The SMILES string of the molecule is N#Cc1ccc(S(=O)(=O)Nc2ccnn2C2CCCC2)cc1. The molecule has 2 aromatic rings. The second-order valence-electron chi connectivity index (χ2n) is 5.34. The summed E-state index contributed by atoms with van der Waals surface area (Å²) in [6.45, 7) is 0. The maximum absolute atomic E-state index is 12.4. The number of rotatable bonds is 4. The van der Waals surface area contributed by atoms with Crippen molar-refractivity contribution in [3.8, 4) is 6.07 Å². The molecule has 1 aliphatic carbocycles. The number of benzene rings is 1. The number of sulfonamides is 1. The van der Waals surface area contributed by atoms with Gasteiger partial charge in [-0.1, -0.05) is 12.8 Å². The fraction of sp³-hybridized carbons (Fsp3) is 0.333. The van der Waals surface area contributed by atoms with E-state index in [1.807, 2.05) is 6.07 Å². The third-order valence-electron chi connectivity index (χ3n) is 3.87. The van der Waals surface area contributed by atoms with Crippen molar-refractivity contribution in [2.45, 2.75) is 36.6 Å². The van der Waals surface area contributed by atoms with Crippen LogP contribution in [-0.4, -0.2) is 18.2 Å². The minimum absolute atomic E-state index is 0.130. The maximum Gasteiger partial charge on any atom is 0.263 e. The second-order valence-corrected chi connectivity index (χ2v) is 7.02. The van der Waals surface area contributed by atoms with Crippen LogP contribution in [0, 0.1) is 11.3 Å².